The van der Waals surface area contributed by atoms with Crippen LogP contribution in [0.2, 0.25) is 0 Å². The molecule has 0 spiro atoms. The van der Waals surface area contributed by atoms with Gasteiger partial charge in [-0.1, -0.05) is 13.8 Å². The lowest BCUT2D eigenvalue weighted by Gasteiger charge is -2.06. The Kier molecular flexibility index (Phi) is 3.81. The maximum atomic E-state index is 11.7. The van der Waals surface area contributed by atoms with Crippen LogP contribution in [0.5, 0.6) is 0 Å². The fourth-order valence-electron chi connectivity index (χ4n) is 1.75. The van der Waals surface area contributed by atoms with E-state index in [1.165, 1.54) is 0 Å². The molecule has 0 aliphatic heterocycles. The number of H-pyrrole nitrogens is 2. The Balaban J connectivity index is 2.07. The Morgan fingerprint density at radius 3 is 2.78 bits per heavy atom. The van der Waals surface area contributed by atoms with Gasteiger partial charge in [0.15, 0.2) is 4.77 Å². The summed E-state index contributed by atoms with van der Waals surface area (Å²) in [7, 11) is 0. The lowest BCUT2D eigenvalue weighted by molar-refractivity contribution is -0.116. The normalized spacial score (nSPS) is 11.1. The maximum Gasteiger partial charge on any atom is 0.224 e. The van der Waals surface area contributed by atoms with Crippen LogP contribution in [-0.4, -0.2) is 15.9 Å². The predicted octanol–water partition coefficient (Wildman–Crippen LogP) is 3.60. The molecule has 2 rings (SSSR count). The van der Waals surface area contributed by atoms with Crippen molar-refractivity contribution in [1.82, 2.24) is 9.97 Å². The summed E-state index contributed by atoms with van der Waals surface area (Å²) in [5, 5.41) is 2.89. The fourth-order valence-corrected chi connectivity index (χ4v) is 1.97. The molecule has 0 aliphatic carbocycles. The van der Waals surface area contributed by atoms with Crippen molar-refractivity contribution in [3.63, 3.8) is 0 Å². The molecule has 0 unspecified atom stereocenters. The summed E-state index contributed by atoms with van der Waals surface area (Å²) in [5.41, 5.74) is 2.64. The lowest BCUT2D eigenvalue weighted by atomic mass is 10.1. The van der Waals surface area contributed by atoms with E-state index in [9.17, 15) is 4.79 Å². The highest BCUT2D eigenvalue weighted by molar-refractivity contribution is 7.71. The molecule has 1 heterocycles. The average Bonchev–Trinajstić information content (AvgIpc) is 2.66. The quantitative estimate of drug-likeness (QED) is 0.738. The summed E-state index contributed by atoms with van der Waals surface area (Å²) in [6.07, 6.45) is 1.46. The van der Waals surface area contributed by atoms with Crippen LogP contribution in [0.3, 0.4) is 0 Å². The van der Waals surface area contributed by atoms with Gasteiger partial charge >= 0.3 is 0 Å². The average molecular weight is 263 g/mol. The third-order valence-electron chi connectivity index (χ3n) is 2.75. The van der Waals surface area contributed by atoms with E-state index >= 15 is 0 Å². The van der Waals surface area contributed by atoms with Gasteiger partial charge in [-0.25, -0.2) is 0 Å². The van der Waals surface area contributed by atoms with Gasteiger partial charge < -0.3 is 15.3 Å². The third-order valence-corrected chi connectivity index (χ3v) is 2.95. The van der Waals surface area contributed by atoms with E-state index in [0.29, 0.717) is 17.1 Å². The van der Waals surface area contributed by atoms with Crippen molar-refractivity contribution in [1.29, 1.82) is 0 Å². The first-order valence-electron chi connectivity index (χ1n) is 6.06. The summed E-state index contributed by atoms with van der Waals surface area (Å²) in [6.45, 7) is 4.22. The number of hydrogen-bond acceptors (Lipinski definition) is 2. The first-order chi connectivity index (χ1) is 8.54. The highest BCUT2D eigenvalue weighted by atomic mass is 32.1. The van der Waals surface area contributed by atoms with Gasteiger partial charge in [0.1, 0.15) is 0 Å². The summed E-state index contributed by atoms with van der Waals surface area (Å²) < 4.78 is 0.591. The number of nitrogens with one attached hydrogen (secondary N) is 3. The third kappa shape index (κ3) is 3.20. The Bertz CT molecular complexity index is 612. The minimum Gasteiger partial charge on any atom is -0.331 e. The number of imidazole rings is 1. The van der Waals surface area contributed by atoms with Crippen LogP contribution in [0.4, 0.5) is 5.69 Å². The monoisotopic (exact) mass is 263 g/mol. The number of aromatic nitrogens is 2. The smallest absolute Gasteiger partial charge is 0.224 e. The second-order valence-corrected chi connectivity index (χ2v) is 5.23. The molecule has 2 aromatic rings. The number of carbonyl (C=O) groups excluding carboxylic acids is 1. The Morgan fingerprint density at radius 1 is 1.33 bits per heavy atom. The van der Waals surface area contributed by atoms with Crippen molar-refractivity contribution in [2.24, 2.45) is 5.92 Å². The Morgan fingerprint density at radius 2 is 2.06 bits per heavy atom. The van der Waals surface area contributed by atoms with Crippen molar-refractivity contribution in [2.75, 3.05) is 5.32 Å². The molecule has 3 N–H and O–H groups in total. The number of amides is 1. The van der Waals surface area contributed by atoms with Crippen molar-refractivity contribution in [2.45, 2.75) is 26.7 Å². The van der Waals surface area contributed by atoms with E-state index in [-0.39, 0.29) is 5.91 Å². The van der Waals surface area contributed by atoms with Crippen molar-refractivity contribution in [3.05, 3.63) is 23.0 Å². The number of fused-ring (bicyclic) bond motifs is 1. The standard InChI is InChI=1S/C13H17N3OS/c1-8(2)3-6-12(17)14-9-4-5-10-11(7-9)16-13(18)15-10/h4-5,7-8H,3,6H2,1-2H3,(H,14,17)(H2,15,16,18). The highest BCUT2D eigenvalue weighted by Gasteiger charge is 2.05. The molecule has 0 fully saturated rings. The van der Waals surface area contributed by atoms with Gasteiger partial charge in [0.25, 0.3) is 0 Å². The minimum absolute atomic E-state index is 0.0529. The number of carbonyl (C=O) groups is 1. The second kappa shape index (κ2) is 5.35. The van der Waals surface area contributed by atoms with E-state index in [1.54, 1.807) is 0 Å². The molecular weight excluding hydrogens is 246 g/mol. The van der Waals surface area contributed by atoms with Crippen LogP contribution in [0.1, 0.15) is 26.7 Å². The molecule has 0 bridgehead atoms. The molecule has 18 heavy (non-hydrogen) atoms. The van der Waals surface area contributed by atoms with E-state index < -0.39 is 0 Å². The van der Waals surface area contributed by atoms with Gasteiger partial charge in [-0.15, -0.1) is 0 Å². The molecule has 0 saturated heterocycles. The van der Waals surface area contributed by atoms with Crippen molar-refractivity contribution < 1.29 is 4.79 Å². The number of anilines is 1. The summed E-state index contributed by atoms with van der Waals surface area (Å²) >= 11 is 5.02. The van der Waals surface area contributed by atoms with Crippen molar-refractivity contribution in [3.8, 4) is 0 Å². The van der Waals surface area contributed by atoms with E-state index in [0.717, 1.165) is 23.1 Å². The van der Waals surface area contributed by atoms with Gasteiger partial charge in [-0.2, -0.15) is 0 Å². The van der Waals surface area contributed by atoms with Crippen LogP contribution >= 0.6 is 12.2 Å². The van der Waals surface area contributed by atoms with Crippen LogP contribution in [0.25, 0.3) is 11.0 Å². The zero-order chi connectivity index (χ0) is 13.1. The molecule has 1 aromatic heterocycles. The summed E-state index contributed by atoms with van der Waals surface area (Å²) in [5.74, 6) is 0.594. The zero-order valence-corrected chi connectivity index (χ0v) is 11.4. The SMILES string of the molecule is CC(C)CCC(=O)Nc1ccc2[nH]c(=S)[nH]c2c1. The van der Waals surface area contributed by atoms with Gasteiger partial charge in [-0.05, 0) is 42.8 Å². The minimum atomic E-state index is 0.0529. The molecule has 0 atom stereocenters. The van der Waals surface area contributed by atoms with Gasteiger partial charge in [0, 0.05) is 12.1 Å². The Labute approximate surface area is 111 Å². The maximum absolute atomic E-state index is 11.7. The lowest BCUT2D eigenvalue weighted by Crippen LogP contribution is -2.12. The molecule has 1 amide bonds. The van der Waals surface area contributed by atoms with Gasteiger partial charge in [0.2, 0.25) is 5.91 Å². The van der Waals surface area contributed by atoms with Gasteiger partial charge in [-0.3, -0.25) is 4.79 Å². The number of hydrogen-bond donors (Lipinski definition) is 3. The highest BCUT2D eigenvalue weighted by Crippen LogP contribution is 2.16. The number of benzene rings is 1. The molecule has 5 heteroatoms. The zero-order valence-electron chi connectivity index (χ0n) is 10.5. The largest absolute Gasteiger partial charge is 0.331 e. The van der Waals surface area contributed by atoms with E-state index in [2.05, 4.69) is 29.1 Å². The molecule has 0 saturated carbocycles. The predicted molar refractivity (Wildman–Crippen MR) is 76.2 cm³/mol. The van der Waals surface area contributed by atoms with E-state index in [1.807, 2.05) is 18.2 Å². The molecule has 0 aliphatic rings. The molecule has 96 valence electrons. The number of rotatable bonds is 4. The molecule has 1 aromatic carbocycles. The van der Waals surface area contributed by atoms with E-state index in [4.69, 9.17) is 12.2 Å². The summed E-state index contributed by atoms with van der Waals surface area (Å²) in [4.78, 5) is 17.8. The molecule has 0 radical (unpaired) electrons. The van der Waals surface area contributed by atoms with Crippen LogP contribution in [0.15, 0.2) is 18.2 Å². The van der Waals surface area contributed by atoms with Gasteiger partial charge in [0.05, 0.1) is 11.0 Å². The fraction of sp³-hybridized carbons (Fsp3) is 0.385. The van der Waals surface area contributed by atoms with Crippen LogP contribution in [-0.2, 0) is 4.79 Å². The first-order valence-corrected chi connectivity index (χ1v) is 6.47. The summed E-state index contributed by atoms with van der Waals surface area (Å²) in [6, 6.07) is 5.66. The van der Waals surface area contributed by atoms with Crippen LogP contribution in [0, 0.1) is 10.7 Å². The topological polar surface area (TPSA) is 60.7 Å². The Hall–Kier alpha value is -1.62. The molecular formula is C13H17N3OS. The second-order valence-electron chi connectivity index (χ2n) is 4.82. The first kappa shape index (κ1) is 12.8. The number of aromatic amines is 2. The molecule has 4 nitrogen and oxygen atoms in total. The van der Waals surface area contributed by atoms with Crippen LogP contribution < -0.4 is 5.32 Å². The van der Waals surface area contributed by atoms with Crippen molar-refractivity contribution >= 4 is 34.8 Å².